The summed E-state index contributed by atoms with van der Waals surface area (Å²) in [5.74, 6) is -252. The van der Waals surface area contributed by atoms with E-state index in [-0.39, 0.29) is 0 Å². The van der Waals surface area contributed by atoms with E-state index in [0.717, 1.165) is 0 Å². The zero-order valence-electron chi connectivity index (χ0n) is 53.2. The molecule has 0 amide bonds. The zero-order valence-corrected chi connectivity index (χ0v) is 53.2. The standard InChI is InChI=1S/C47H30F68N2/c48-16(49,20(56,57)24(64,65)28(72,73)32(80,81)36(88,89)40(96,97)44(104,105)106)6-1-10-116(11-2-7-17(50,51)21(58,59)25(66,67)29(74,75)33(82,83)37(90,91)41(98,99)45(107,108)109)14-5-15-117(12-3-8-18(52,53)22(60,61)26(68,69)30(76,77)34(84,85)38(92,93)42(100,101)46(110,111)112)13-4-9-19(54,55)23(62,63)27(70,71)31(78,79)35(86,87)39(94,95)43(102,103)47(113,114)115/h1-15H2. The summed E-state index contributed by atoms with van der Waals surface area (Å²) in [4.78, 5) is -1.69. The van der Waals surface area contributed by atoms with Crippen LogP contribution in [-0.2, 0) is 0 Å². The molecule has 70 heteroatoms. The average molecular weight is 1910 g/mol. The molecule has 0 heterocycles. The molecule has 0 aliphatic heterocycles. The van der Waals surface area contributed by atoms with Gasteiger partial charge in [-0.15, -0.1) is 0 Å². The van der Waals surface area contributed by atoms with Gasteiger partial charge in [-0.05, 0) is 71.4 Å². The van der Waals surface area contributed by atoms with Crippen molar-refractivity contribution in [3.63, 3.8) is 0 Å². The van der Waals surface area contributed by atoms with Gasteiger partial charge in [0.05, 0.1) is 0 Å². The Labute approximate surface area is 596 Å². The first-order chi connectivity index (χ1) is 49.9. The lowest BCUT2D eigenvalue weighted by Crippen LogP contribution is -2.74. The molecular weight excluding hydrogens is 1880 g/mol. The highest BCUT2D eigenvalue weighted by Crippen LogP contribution is 2.71. The first-order valence-corrected chi connectivity index (χ1v) is 28.2. The van der Waals surface area contributed by atoms with E-state index in [1.807, 2.05) is 0 Å². The molecular formula is C47H30F68N2. The minimum atomic E-state index is -9.51. The van der Waals surface area contributed by atoms with Crippen LogP contribution in [0.5, 0.6) is 0 Å². The fraction of sp³-hybridized carbons (Fsp3) is 1.00. The molecule has 0 aliphatic rings. The third kappa shape index (κ3) is 16.8. The highest BCUT2D eigenvalue weighted by atomic mass is 19.5. The van der Waals surface area contributed by atoms with Crippen molar-refractivity contribution < 1.29 is 299 Å². The van der Waals surface area contributed by atoms with Gasteiger partial charge >= 0.3 is 191 Å². The predicted molar refractivity (Wildman–Crippen MR) is 237 cm³/mol. The van der Waals surface area contributed by atoms with Gasteiger partial charge in [-0.3, -0.25) is 0 Å². The molecule has 0 unspecified atom stereocenters. The molecule has 0 spiro atoms. The maximum atomic E-state index is 14.9. The van der Waals surface area contributed by atoms with Crippen molar-refractivity contribution >= 4 is 0 Å². The molecule has 704 valence electrons. The smallest absolute Gasteiger partial charge is 0.303 e. The number of nitrogens with zero attached hydrogens (tertiary/aromatic N) is 2. The number of alkyl halides is 68. The van der Waals surface area contributed by atoms with Crippen molar-refractivity contribution in [3.8, 4) is 0 Å². The van der Waals surface area contributed by atoms with Crippen LogP contribution in [0.25, 0.3) is 0 Å². The van der Waals surface area contributed by atoms with Gasteiger partial charge in [0.1, 0.15) is 0 Å². The Balaban J connectivity index is 8.63. The van der Waals surface area contributed by atoms with Crippen molar-refractivity contribution in [2.75, 3.05) is 39.3 Å². The Kier molecular flexibility index (Phi) is 29.8. The minimum Gasteiger partial charge on any atom is -0.303 e. The molecule has 0 aromatic heterocycles. The summed E-state index contributed by atoms with van der Waals surface area (Å²) >= 11 is 0. The first kappa shape index (κ1) is 112. The van der Waals surface area contributed by atoms with Crippen LogP contribution in [-0.4, -0.2) is 240 Å². The molecule has 0 aliphatic carbocycles. The van der Waals surface area contributed by atoms with E-state index in [0.29, 0.717) is 0 Å². The maximum absolute atomic E-state index is 14.9. The summed E-state index contributed by atoms with van der Waals surface area (Å²) in [6.07, 6.45) is -63.4. The van der Waals surface area contributed by atoms with Crippen molar-refractivity contribution in [2.45, 2.75) is 248 Å². The quantitative estimate of drug-likeness (QED) is 0.0561. The Morgan fingerprint density at radius 3 is 0.291 bits per heavy atom. The van der Waals surface area contributed by atoms with Crippen LogP contribution in [0.4, 0.5) is 299 Å². The lowest BCUT2D eigenvalue weighted by Gasteiger charge is -2.43. The maximum Gasteiger partial charge on any atom is 0.460 e. The van der Waals surface area contributed by atoms with E-state index in [1.165, 1.54) is 0 Å². The van der Waals surface area contributed by atoms with Crippen molar-refractivity contribution in [3.05, 3.63) is 0 Å². The van der Waals surface area contributed by atoms with Crippen LogP contribution in [0, 0.1) is 0 Å². The minimum absolute atomic E-state index is 0.844. The van der Waals surface area contributed by atoms with Gasteiger partial charge in [0, 0.05) is 25.7 Å². The van der Waals surface area contributed by atoms with Crippen molar-refractivity contribution in [1.82, 2.24) is 9.80 Å². The molecule has 0 fully saturated rings. The van der Waals surface area contributed by atoms with Gasteiger partial charge in [0.25, 0.3) is 0 Å². The summed E-state index contributed by atoms with van der Waals surface area (Å²) in [5.41, 5.74) is 0. The predicted octanol–water partition coefficient (Wildman–Crippen LogP) is 25.1. The van der Waals surface area contributed by atoms with Crippen LogP contribution in [0.15, 0.2) is 0 Å². The van der Waals surface area contributed by atoms with Crippen molar-refractivity contribution in [1.29, 1.82) is 0 Å². The largest absolute Gasteiger partial charge is 0.460 e. The second kappa shape index (κ2) is 31.1. The molecule has 0 N–H and O–H groups in total. The molecule has 0 saturated carbocycles. The van der Waals surface area contributed by atoms with Gasteiger partial charge in [-0.1, -0.05) is 0 Å². The molecule has 0 rings (SSSR count). The number of halogens is 68. The SMILES string of the molecule is FC(F)(F)C(F)(F)C(F)(F)C(F)(F)C(F)(F)C(F)(F)C(F)(F)C(F)(F)CCCN(CCCN(CCCC(F)(F)C(F)(F)C(F)(F)C(F)(F)C(F)(F)C(F)(F)C(F)(F)C(F)(F)F)CCCC(F)(F)C(F)(F)C(F)(F)C(F)(F)C(F)(F)C(F)(F)C(F)(F)C(F)(F)F)CCCC(F)(F)C(F)(F)C(F)(F)C(F)(F)C(F)(F)C(F)(F)C(F)(F)C(F)(F)F. The molecule has 0 aromatic carbocycles. The molecule has 0 saturated heterocycles. The normalized spacial score (nSPS) is 16.9. The number of hydrogen-bond donors (Lipinski definition) is 0. The second-order valence-corrected chi connectivity index (χ2v) is 24.0. The summed E-state index contributed by atoms with van der Waals surface area (Å²) < 4.78 is 943. The number of hydrogen-bond acceptors (Lipinski definition) is 2. The van der Waals surface area contributed by atoms with Crippen LogP contribution < -0.4 is 0 Å². The van der Waals surface area contributed by atoms with Gasteiger partial charge in [-0.25, -0.2) is 0 Å². The van der Waals surface area contributed by atoms with E-state index < -0.39 is 297 Å². The van der Waals surface area contributed by atoms with Gasteiger partial charge in [0.15, 0.2) is 0 Å². The van der Waals surface area contributed by atoms with Crippen LogP contribution in [0.1, 0.15) is 57.8 Å². The van der Waals surface area contributed by atoms with Crippen LogP contribution in [0.2, 0.25) is 0 Å². The summed E-state index contributed by atoms with van der Waals surface area (Å²) in [7, 11) is 0. The van der Waals surface area contributed by atoms with Gasteiger partial charge in [0.2, 0.25) is 0 Å². The van der Waals surface area contributed by atoms with Gasteiger partial charge in [-0.2, -0.15) is 299 Å². The average Bonchev–Trinajstić information content (AvgIpc) is 0.709. The Morgan fingerprint density at radius 1 is 0.103 bits per heavy atom. The molecule has 117 heavy (non-hydrogen) atoms. The molecule has 0 bridgehead atoms. The summed E-state index contributed by atoms with van der Waals surface area (Å²) in [6.45, 7) is -15.4. The first-order valence-electron chi connectivity index (χ1n) is 28.2. The Hall–Kier alpha value is -4.84. The van der Waals surface area contributed by atoms with E-state index in [9.17, 15) is 299 Å². The van der Waals surface area contributed by atoms with Crippen molar-refractivity contribution in [2.24, 2.45) is 0 Å². The molecule has 2 nitrogen and oxygen atoms in total. The Bertz CT molecular complexity index is 2850. The molecule has 0 radical (unpaired) electrons. The fourth-order valence-corrected chi connectivity index (χ4v) is 8.70. The Morgan fingerprint density at radius 2 is 0.188 bits per heavy atom. The zero-order chi connectivity index (χ0) is 95.8. The molecule has 0 atom stereocenters. The van der Waals surface area contributed by atoms with Gasteiger partial charge < -0.3 is 9.80 Å². The van der Waals surface area contributed by atoms with E-state index >= 15 is 0 Å². The van der Waals surface area contributed by atoms with Crippen LogP contribution in [0.3, 0.4) is 0 Å². The topological polar surface area (TPSA) is 6.48 Å². The third-order valence-corrected chi connectivity index (χ3v) is 16.0. The lowest BCUT2D eigenvalue weighted by molar-refractivity contribution is -0.461. The summed E-state index contributed by atoms with van der Waals surface area (Å²) in [5, 5.41) is 0. The highest BCUT2D eigenvalue weighted by Gasteiger charge is 3.00. The fourth-order valence-electron chi connectivity index (χ4n) is 8.70. The van der Waals surface area contributed by atoms with E-state index in [2.05, 4.69) is 0 Å². The third-order valence-electron chi connectivity index (χ3n) is 16.0. The summed E-state index contributed by atoms with van der Waals surface area (Å²) in [6, 6.07) is 0. The monoisotopic (exact) mass is 1910 g/mol. The highest BCUT2D eigenvalue weighted by molar-refractivity contribution is 5.20. The molecule has 0 aromatic rings. The second-order valence-electron chi connectivity index (χ2n) is 24.0. The lowest BCUT2D eigenvalue weighted by atomic mass is 9.88. The van der Waals surface area contributed by atoms with Crippen LogP contribution >= 0.6 is 0 Å². The number of rotatable bonds is 44. The van der Waals surface area contributed by atoms with E-state index in [4.69, 9.17) is 0 Å². The van der Waals surface area contributed by atoms with E-state index in [1.54, 1.807) is 0 Å².